The van der Waals surface area contributed by atoms with Gasteiger partial charge in [0.2, 0.25) is 0 Å². The van der Waals surface area contributed by atoms with Crippen LogP contribution in [0.15, 0.2) is 53.4 Å². The number of hydrogen-bond acceptors (Lipinski definition) is 2. The molecule has 0 saturated carbocycles. The molecule has 0 spiro atoms. The SMILES string of the molecule is CCc1cccc(C(N)CSc2ccc(Cl)cc2)c1. The van der Waals surface area contributed by atoms with Crippen LogP contribution in [0.2, 0.25) is 5.02 Å². The third-order valence-corrected chi connectivity index (χ3v) is 4.41. The van der Waals surface area contributed by atoms with Crippen molar-refractivity contribution in [2.45, 2.75) is 24.3 Å². The van der Waals surface area contributed by atoms with E-state index in [9.17, 15) is 0 Å². The Morgan fingerprint density at radius 1 is 1.16 bits per heavy atom. The fraction of sp³-hybridized carbons (Fsp3) is 0.250. The zero-order valence-corrected chi connectivity index (χ0v) is 12.5. The molecule has 0 saturated heterocycles. The third kappa shape index (κ3) is 4.27. The van der Waals surface area contributed by atoms with Crippen molar-refractivity contribution < 1.29 is 0 Å². The van der Waals surface area contributed by atoms with Crippen LogP contribution in [-0.4, -0.2) is 5.75 Å². The van der Waals surface area contributed by atoms with Gasteiger partial charge in [0, 0.05) is 21.7 Å². The molecule has 0 bridgehead atoms. The largest absolute Gasteiger partial charge is 0.323 e. The Morgan fingerprint density at radius 3 is 2.58 bits per heavy atom. The Hall–Kier alpha value is -0.960. The number of rotatable bonds is 5. The van der Waals surface area contributed by atoms with Crippen LogP contribution in [0.3, 0.4) is 0 Å². The molecule has 0 aromatic heterocycles. The van der Waals surface area contributed by atoms with Crippen molar-refractivity contribution in [3.8, 4) is 0 Å². The highest BCUT2D eigenvalue weighted by molar-refractivity contribution is 7.99. The minimum atomic E-state index is 0.0622. The molecule has 1 unspecified atom stereocenters. The van der Waals surface area contributed by atoms with Gasteiger partial charge in [-0.3, -0.25) is 0 Å². The molecule has 0 heterocycles. The summed E-state index contributed by atoms with van der Waals surface area (Å²) in [6, 6.07) is 16.5. The maximum atomic E-state index is 6.25. The normalized spacial score (nSPS) is 12.4. The summed E-state index contributed by atoms with van der Waals surface area (Å²) in [6.45, 7) is 2.16. The summed E-state index contributed by atoms with van der Waals surface area (Å²) >= 11 is 7.63. The van der Waals surface area contributed by atoms with Gasteiger partial charge in [0.15, 0.2) is 0 Å². The molecule has 0 aliphatic carbocycles. The smallest absolute Gasteiger partial charge is 0.0406 e. The molecule has 1 nitrogen and oxygen atoms in total. The molecule has 2 aromatic carbocycles. The molecule has 0 aliphatic heterocycles. The van der Waals surface area contributed by atoms with E-state index in [-0.39, 0.29) is 6.04 Å². The second-order valence-corrected chi connectivity index (χ2v) is 6.00. The standard InChI is InChI=1S/C16H18ClNS/c1-2-12-4-3-5-13(10-12)16(18)11-19-15-8-6-14(17)7-9-15/h3-10,16H,2,11,18H2,1H3. The van der Waals surface area contributed by atoms with Crippen LogP contribution in [0.25, 0.3) is 0 Å². The molecule has 0 radical (unpaired) electrons. The van der Waals surface area contributed by atoms with E-state index in [1.807, 2.05) is 24.3 Å². The third-order valence-electron chi connectivity index (χ3n) is 3.03. The van der Waals surface area contributed by atoms with Crippen LogP contribution in [0, 0.1) is 0 Å². The zero-order valence-electron chi connectivity index (χ0n) is 11.0. The summed E-state index contributed by atoms with van der Waals surface area (Å²) in [5.74, 6) is 0.870. The van der Waals surface area contributed by atoms with Crippen molar-refractivity contribution in [2.24, 2.45) is 5.73 Å². The number of halogens is 1. The van der Waals surface area contributed by atoms with Crippen molar-refractivity contribution in [3.05, 3.63) is 64.7 Å². The quantitative estimate of drug-likeness (QED) is 0.809. The van der Waals surface area contributed by atoms with Crippen LogP contribution in [0.5, 0.6) is 0 Å². The Morgan fingerprint density at radius 2 is 1.89 bits per heavy atom. The highest BCUT2D eigenvalue weighted by Gasteiger charge is 2.07. The van der Waals surface area contributed by atoms with Crippen LogP contribution in [0.1, 0.15) is 24.1 Å². The van der Waals surface area contributed by atoms with Gasteiger partial charge < -0.3 is 5.73 Å². The Bertz CT molecular complexity index is 525. The molecular formula is C16H18ClNS. The summed E-state index contributed by atoms with van der Waals surface area (Å²) < 4.78 is 0. The maximum absolute atomic E-state index is 6.25. The highest BCUT2D eigenvalue weighted by atomic mass is 35.5. The molecule has 2 rings (SSSR count). The van der Waals surface area contributed by atoms with Gasteiger partial charge in [-0.05, 0) is 41.8 Å². The Balaban J connectivity index is 1.96. The first kappa shape index (κ1) is 14.4. The number of nitrogens with two attached hydrogens (primary N) is 1. The lowest BCUT2D eigenvalue weighted by atomic mass is 10.0. The van der Waals surface area contributed by atoms with Crippen LogP contribution < -0.4 is 5.73 Å². The van der Waals surface area contributed by atoms with Gasteiger partial charge in [-0.25, -0.2) is 0 Å². The summed E-state index contributed by atoms with van der Waals surface area (Å²) in [6.07, 6.45) is 1.05. The van der Waals surface area contributed by atoms with Crippen molar-refractivity contribution in [1.29, 1.82) is 0 Å². The number of benzene rings is 2. The van der Waals surface area contributed by atoms with Crippen LogP contribution in [0.4, 0.5) is 0 Å². The maximum Gasteiger partial charge on any atom is 0.0406 e. The lowest BCUT2D eigenvalue weighted by molar-refractivity contribution is 0.828. The van der Waals surface area contributed by atoms with E-state index in [4.69, 9.17) is 17.3 Å². The van der Waals surface area contributed by atoms with E-state index in [1.165, 1.54) is 16.0 Å². The molecule has 19 heavy (non-hydrogen) atoms. The summed E-state index contributed by atoms with van der Waals surface area (Å²) in [7, 11) is 0. The predicted molar refractivity (Wildman–Crippen MR) is 84.9 cm³/mol. The van der Waals surface area contributed by atoms with Crippen molar-refractivity contribution in [2.75, 3.05) is 5.75 Å². The molecular weight excluding hydrogens is 274 g/mol. The molecule has 0 aliphatic rings. The second-order valence-electron chi connectivity index (χ2n) is 4.47. The van der Waals surface area contributed by atoms with Crippen LogP contribution >= 0.6 is 23.4 Å². The zero-order chi connectivity index (χ0) is 13.7. The Labute approximate surface area is 124 Å². The van der Waals surface area contributed by atoms with E-state index in [0.717, 1.165) is 17.2 Å². The molecule has 1 atom stereocenters. The lowest BCUT2D eigenvalue weighted by Gasteiger charge is -2.13. The molecule has 3 heteroatoms. The van der Waals surface area contributed by atoms with Gasteiger partial charge in [0.1, 0.15) is 0 Å². The fourth-order valence-electron chi connectivity index (χ4n) is 1.86. The fourth-order valence-corrected chi connectivity index (χ4v) is 2.88. The van der Waals surface area contributed by atoms with E-state index in [1.54, 1.807) is 11.8 Å². The van der Waals surface area contributed by atoms with Gasteiger partial charge in [-0.2, -0.15) is 0 Å². The van der Waals surface area contributed by atoms with Crippen molar-refractivity contribution in [3.63, 3.8) is 0 Å². The van der Waals surface area contributed by atoms with Gasteiger partial charge in [-0.15, -0.1) is 11.8 Å². The van der Waals surface area contributed by atoms with Gasteiger partial charge in [0.05, 0.1) is 0 Å². The number of thioether (sulfide) groups is 1. The monoisotopic (exact) mass is 291 g/mol. The first-order valence-electron chi connectivity index (χ1n) is 6.42. The first-order chi connectivity index (χ1) is 9.19. The summed E-state index contributed by atoms with van der Waals surface area (Å²) in [5, 5.41) is 0.768. The molecule has 2 N–H and O–H groups in total. The van der Waals surface area contributed by atoms with Crippen molar-refractivity contribution in [1.82, 2.24) is 0 Å². The van der Waals surface area contributed by atoms with E-state index in [2.05, 4.69) is 31.2 Å². The second kappa shape index (κ2) is 6.99. The summed E-state index contributed by atoms with van der Waals surface area (Å²) in [4.78, 5) is 1.20. The number of aryl methyl sites for hydroxylation is 1. The van der Waals surface area contributed by atoms with Crippen LogP contribution in [-0.2, 0) is 6.42 Å². The van der Waals surface area contributed by atoms with Gasteiger partial charge >= 0.3 is 0 Å². The molecule has 0 fully saturated rings. The summed E-state index contributed by atoms with van der Waals surface area (Å²) in [5.41, 5.74) is 8.80. The lowest BCUT2D eigenvalue weighted by Crippen LogP contribution is -2.13. The molecule has 0 amide bonds. The minimum absolute atomic E-state index is 0.0622. The number of hydrogen-bond donors (Lipinski definition) is 1. The molecule has 100 valence electrons. The van der Waals surface area contributed by atoms with Gasteiger partial charge in [0.25, 0.3) is 0 Å². The van der Waals surface area contributed by atoms with Gasteiger partial charge in [-0.1, -0.05) is 42.8 Å². The van der Waals surface area contributed by atoms with E-state index < -0.39 is 0 Å². The highest BCUT2D eigenvalue weighted by Crippen LogP contribution is 2.25. The van der Waals surface area contributed by atoms with E-state index in [0.29, 0.717) is 0 Å². The average molecular weight is 292 g/mol. The molecule has 2 aromatic rings. The average Bonchev–Trinajstić information content (AvgIpc) is 2.46. The first-order valence-corrected chi connectivity index (χ1v) is 7.78. The van der Waals surface area contributed by atoms with E-state index >= 15 is 0 Å². The minimum Gasteiger partial charge on any atom is -0.323 e. The Kier molecular flexibility index (Phi) is 5.32. The van der Waals surface area contributed by atoms with Crippen molar-refractivity contribution >= 4 is 23.4 Å². The predicted octanol–water partition coefficient (Wildman–Crippen LogP) is 4.69. The topological polar surface area (TPSA) is 26.0 Å².